The first kappa shape index (κ1) is 29.3. The Morgan fingerprint density at radius 1 is 0.905 bits per heavy atom. The van der Waals surface area contributed by atoms with Gasteiger partial charge in [-0.25, -0.2) is 9.78 Å². The lowest BCUT2D eigenvalue weighted by Crippen LogP contribution is -2.27. The number of halogens is 2. The molecule has 10 heteroatoms. The van der Waals surface area contributed by atoms with Gasteiger partial charge in [0.15, 0.2) is 0 Å². The van der Waals surface area contributed by atoms with Crippen LogP contribution in [0.3, 0.4) is 0 Å². The molecule has 42 heavy (non-hydrogen) atoms. The van der Waals surface area contributed by atoms with E-state index in [2.05, 4.69) is 15.5 Å². The molecule has 1 aromatic heterocycles. The van der Waals surface area contributed by atoms with Gasteiger partial charge in [0.1, 0.15) is 17.0 Å². The second-order valence-corrected chi connectivity index (χ2v) is 10.2. The van der Waals surface area contributed by atoms with Gasteiger partial charge in [0.25, 0.3) is 0 Å². The number of anilines is 4. The van der Waals surface area contributed by atoms with Gasteiger partial charge < -0.3 is 24.8 Å². The van der Waals surface area contributed by atoms with Crippen molar-refractivity contribution in [3.63, 3.8) is 0 Å². The minimum atomic E-state index is -0.660. The van der Waals surface area contributed by atoms with Crippen molar-refractivity contribution in [3.05, 3.63) is 90.5 Å². The van der Waals surface area contributed by atoms with Crippen LogP contribution in [-0.2, 0) is 6.61 Å². The molecule has 1 heterocycles. The van der Waals surface area contributed by atoms with Gasteiger partial charge in [0, 0.05) is 52.7 Å². The number of fused-ring (bicyclic) bond motifs is 2. The molecular weight excluding hydrogens is 575 g/mol. The zero-order valence-electron chi connectivity index (χ0n) is 22.9. The van der Waals surface area contributed by atoms with Crippen LogP contribution >= 0.6 is 23.2 Å². The fourth-order valence-electron chi connectivity index (χ4n) is 4.81. The number of amides is 1. The van der Waals surface area contributed by atoms with Crippen LogP contribution in [0.4, 0.5) is 27.5 Å². The molecule has 1 amide bonds. The average molecular weight is 606 g/mol. The van der Waals surface area contributed by atoms with Crippen molar-refractivity contribution >= 4 is 73.9 Å². The number of methoxy groups -OCH3 is 1. The number of ether oxygens (including phenoxy) is 2. The number of pyridine rings is 1. The highest BCUT2D eigenvalue weighted by Gasteiger charge is 2.14. The predicted molar refractivity (Wildman–Crippen MR) is 171 cm³/mol. The van der Waals surface area contributed by atoms with E-state index in [-0.39, 0.29) is 6.61 Å². The first-order valence-corrected chi connectivity index (χ1v) is 14.4. The molecule has 0 radical (unpaired) electrons. The molecule has 0 saturated carbocycles. The SMILES string of the molecule is COc1cccc2c(Nc3cc(CO)cc(NC(=O)Oc4ccc(N(CCCl)CCCl)cc4)c3)c3ccccc3nc12. The minimum absolute atomic E-state index is 0.215. The molecule has 216 valence electrons. The Morgan fingerprint density at radius 2 is 1.62 bits per heavy atom. The van der Waals surface area contributed by atoms with Crippen LogP contribution in [-0.4, -0.2) is 48.1 Å². The van der Waals surface area contributed by atoms with Gasteiger partial charge in [-0.1, -0.05) is 30.3 Å². The van der Waals surface area contributed by atoms with Crippen molar-refractivity contribution in [2.75, 3.05) is 47.5 Å². The number of hydrogen-bond donors (Lipinski definition) is 3. The van der Waals surface area contributed by atoms with Crippen molar-refractivity contribution in [1.82, 2.24) is 4.98 Å². The third kappa shape index (κ3) is 6.62. The third-order valence-electron chi connectivity index (χ3n) is 6.71. The summed E-state index contributed by atoms with van der Waals surface area (Å²) in [6.45, 7) is 1.10. The van der Waals surface area contributed by atoms with Gasteiger partial charge in [-0.15, -0.1) is 23.2 Å². The number of para-hydroxylation sites is 2. The van der Waals surface area contributed by atoms with Crippen LogP contribution in [0.1, 0.15) is 5.56 Å². The summed E-state index contributed by atoms with van der Waals surface area (Å²) in [5.41, 5.74) is 5.03. The third-order valence-corrected chi connectivity index (χ3v) is 7.04. The van der Waals surface area contributed by atoms with E-state index < -0.39 is 6.09 Å². The molecule has 4 aromatic carbocycles. The summed E-state index contributed by atoms with van der Waals surface area (Å²) < 4.78 is 11.1. The Morgan fingerprint density at radius 3 is 2.33 bits per heavy atom. The standard InChI is InChI=1S/C32H30Cl2N4O4/c1-41-29-8-4-6-27-30(26-5-2-3-7-28(26)37-31(27)29)35-22-17-21(20-39)18-23(19-22)36-32(40)42-25-11-9-24(10-12-25)38(15-13-33)16-14-34/h2-12,17-19,39H,13-16,20H2,1H3,(H,35,37)(H,36,40). The zero-order valence-corrected chi connectivity index (χ0v) is 24.5. The number of aliphatic hydroxyl groups is 1. The van der Waals surface area contributed by atoms with Crippen molar-refractivity contribution in [2.45, 2.75) is 6.61 Å². The van der Waals surface area contributed by atoms with Gasteiger partial charge >= 0.3 is 6.09 Å². The fourth-order valence-corrected chi connectivity index (χ4v) is 5.22. The number of rotatable bonds is 11. The number of nitrogens with one attached hydrogen (secondary N) is 2. The summed E-state index contributed by atoms with van der Waals surface area (Å²) in [7, 11) is 1.62. The molecular formula is C32H30Cl2N4O4. The molecule has 8 nitrogen and oxygen atoms in total. The topological polar surface area (TPSA) is 96.0 Å². The van der Waals surface area contributed by atoms with Gasteiger partial charge in [0.2, 0.25) is 0 Å². The fraction of sp³-hybridized carbons (Fsp3) is 0.188. The molecule has 0 atom stereocenters. The molecule has 0 aliphatic heterocycles. The second kappa shape index (κ2) is 13.6. The molecule has 0 saturated heterocycles. The van der Waals surface area contributed by atoms with Crippen LogP contribution in [0.2, 0.25) is 0 Å². The minimum Gasteiger partial charge on any atom is -0.494 e. The van der Waals surface area contributed by atoms with E-state index in [4.69, 9.17) is 37.7 Å². The van der Waals surface area contributed by atoms with E-state index in [1.165, 1.54) is 0 Å². The highest BCUT2D eigenvalue weighted by atomic mass is 35.5. The second-order valence-electron chi connectivity index (χ2n) is 9.44. The van der Waals surface area contributed by atoms with Crippen molar-refractivity contribution in [3.8, 4) is 11.5 Å². The number of aromatic nitrogens is 1. The number of hydrogen-bond acceptors (Lipinski definition) is 7. The molecule has 0 unspecified atom stereocenters. The van der Waals surface area contributed by atoms with E-state index >= 15 is 0 Å². The normalized spacial score (nSPS) is 11.0. The summed E-state index contributed by atoms with van der Waals surface area (Å²) in [5.74, 6) is 1.99. The summed E-state index contributed by atoms with van der Waals surface area (Å²) in [4.78, 5) is 19.7. The Kier molecular flexibility index (Phi) is 9.48. The Bertz CT molecular complexity index is 1690. The Hall–Kier alpha value is -4.24. The van der Waals surface area contributed by atoms with E-state index in [1.807, 2.05) is 60.7 Å². The van der Waals surface area contributed by atoms with E-state index in [0.717, 1.165) is 33.2 Å². The maximum atomic E-state index is 12.8. The monoisotopic (exact) mass is 604 g/mol. The van der Waals surface area contributed by atoms with Crippen LogP contribution in [0.25, 0.3) is 21.8 Å². The quantitative estimate of drug-likeness (QED) is 0.106. The van der Waals surface area contributed by atoms with Crippen LogP contribution in [0.5, 0.6) is 11.5 Å². The number of nitrogens with zero attached hydrogens (tertiary/aromatic N) is 2. The number of carbonyl (C=O) groups excluding carboxylic acids is 1. The molecule has 0 fully saturated rings. The Balaban J connectivity index is 1.39. The molecule has 0 aliphatic carbocycles. The predicted octanol–water partition coefficient (Wildman–Crippen LogP) is 7.53. The van der Waals surface area contributed by atoms with E-state index in [9.17, 15) is 9.90 Å². The van der Waals surface area contributed by atoms with Crippen molar-refractivity contribution in [2.24, 2.45) is 0 Å². The number of benzene rings is 4. The van der Waals surface area contributed by atoms with Gasteiger partial charge in [-0.3, -0.25) is 5.32 Å². The van der Waals surface area contributed by atoms with E-state index in [1.54, 1.807) is 31.4 Å². The lowest BCUT2D eigenvalue weighted by atomic mass is 10.1. The summed E-state index contributed by atoms with van der Waals surface area (Å²) in [6, 6.07) is 26.0. The van der Waals surface area contributed by atoms with Crippen molar-refractivity contribution in [1.29, 1.82) is 0 Å². The maximum absolute atomic E-state index is 12.8. The smallest absolute Gasteiger partial charge is 0.417 e. The zero-order chi connectivity index (χ0) is 29.5. The summed E-state index contributed by atoms with van der Waals surface area (Å²) >= 11 is 11.8. The van der Waals surface area contributed by atoms with Gasteiger partial charge in [-0.2, -0.15) is 0 Å². The first-order chi connectivity index (χ1) is 20.5. The molecule has 0 bridgehead atoms. The largest absolute Gasteiger partial charge is 0.494 e. The number of aliphatic hydroxyl groups excluding tert-OH is 1. The number of carbonyl (C=O) groups is 1. The highest BCUT2D eigenvalue weighted by molar-refractivity contribution is 6.18. The maximum Gasteiger partial charge on any atom is 0.417 e. The van der Waals surface area contributed by atoms with Gasteiger partial charge in [0.05, 0.1) is 24.9 Å². The van der Waals surface area contributed by atoms with Crippen LogP contribution < -0.4 is 25.0 Å². The van der Waals surface area contributed by atoms with Crippen molar-refractivity contribution < 1.29 is 19.4 Å². The molecule has 0 aliphatic rings. The number of alkyl halides is 2. The van der Waals surface area contributed by atoms with Gasteiger partial charge in [-0.05, 0) is 60.2 Å². The van der Waals surface area contributed by atoms with E-state index in [0.29, 0.717) is 53.3 Å². The highest BCUT2D eigenvalue weighted by Crippen LogP contribution is 2.37. The van der Waals surface area contributed by atoms with Crippen LogP contribution in [0.15, 0.2) is 84.9 Å². The van der Waals surface area contributed by atoms with Crippen LogP contribution in [0, 0.1) is 0 Å². The molecule has 5 rings (SSSR count). The molecule has 0 spiro atoms. The lowest BCUT2D eigenvalue weighted by Gasteiger charge is -2.22. The average Bonchev–Trinajstić information content (AvgIpc) is 3.00. The summed E-state index contributed by atoms with van der Waals surface area (Å²) in [6.07, 6.45) is -0.660. The lowest BCUT2D eigenvalue weighted by molar-refractivity contribution is 0.215. The summed E-state index contributed by atoms with van der Waals surface area (Å²) in [5, 5.41) is 18.0. The Labute approximate surface area is 253 Å². The molecule has 3 N–H and O–H groups in total. The molecule has 5 aromatic rings. The first-order valence-electron chi connectivity index (χ1n) is 13.4.